The number of fused-ring (bicyclic) bond motifs is 2. The van der Waals surface area contributed by atoms with E-state index in [1.807, 2.05) is 6.07 Å². The van der Waals surface area contributed by atoms with Crippen molar-refractivity contribution in [3.8, 4) is 0 Å². The molecule has 2 heterocycles. The summed E-state index contributed by atoms with van der Waals surface area (Å²) >= 11 is 6.09. The summed E-state index contributed by atoms with van der Waals surface area (Å²) in [6.45, 7) is 2.21. The zero-order valence-electron chi connectivity index (χ0n) is 13.7. The molecule has 0 spiro atoms. The van der Waals surface area contributed by atoms with E-state index < -0.39 is 0 Å². The normalized spacial score (nSPS) is 16.8. The van der Waals surface area contributed by atoms with Gasteiger partial charge in [0, 0.05) is 5.02 Å². The maximum atomic E-state index is 13.1. The largest absolute Gasteiger partial charge is 0.320 e. The van der Waals surface area contributed by atoms with E-state index in [9.17, 15) is 9.59 Å². The van der Waals surface area contributed by atoms with Gasteiger partial charge in [-0.3, -0.25) is 19.4 Å². The predicted octanol–water partition coefficient (Wildman–Crippen LogP) is 3.67. The number of benzene rings is 2. The van der Waals surface area contributed by atoms with Gasteiger partial charge in [-0.05, 0) is 56.3 Å². The lowest BCUT2D eigenvalue weighted by atomic mass is 10.1. The number of carbonyl (C=O) groups excluding carboxylic acids is 2. The number of nitrogens with zero attached hydrogens (tertiary/aromatic N) is 2. The highest BCUT2D eigenvalue weighted by molar-refractivity contribution is 6.31. The molecule has 0 unspecified atom stereocenters. The zero-order valence-corrected chi connectivity index (χ0v) is 14.4. The predicted molar refractivity (Wildman–Crippen MR) is 98.7 cm³/mol. The molecule has 2 amide bonds. The molecule has 4 rings (SSSR count). The van der Waals surface area contributed by atoms with E-state index >= 15 is 0 Å². The molecule has 5 nitrogen and oxygen atoms in total. The van der Waals surface area contributed by atoms with E-state index in [4.69, 9.17) is 11.6 Å². The van der Waals surface area contributed by atoms with Crippen molar-refractivity contribution in [3.63, 3.8) is 0 Å². The molecule has 6 heteroatoms. The molecule has 2 aliphatic heterocycles. The zero-order chi connectivity index (χ0) is 17.4. The molecule has 25 heavy (non-hydrogen) atoms. The standard InChI is InChI=1S/C19H18ClN3O2/c20-13-7-8-17-15(11-13)21-19(25)14-5-1-2-6-16(14)23(17)18(24)12-22-9-3-4-10-22/h1-2,5-8,11H,3-4,9-10,12H2,(H,21,25). The number of nitrogens with one attached hydrogen (secondary N) is 1. The fourth-order valence-electron chi connectivity index (χ4n) is 3.45. The molecule has 0 radical (unpaired) electrons. The maximum Gasteiger partial charge on any atom is 0.257 e. The van der Waals surface area contributed by atoms with Gasteiger partial charge in [-0.15, -0.1) is 0 Å². The van der Waals surface area contributed by atoms with Crippen molar-refractivity contribution in [3.05, 3.63) is 53.1 Å². The van der Waals surface area contributed by atoms with Crippen molar-refractivity contribution < 1.29 is 9.59 Å². The summed E-state index contributed by atoms with van der Waals surface area (Å²) in [5.41, 5.74) is 2.27. The van der Waals surface area contributed by atoms with Crippen LogP contribution in [0, 0.1) is 0 Å². The van der Waals surface area contributed by atoms with E-state index in [0.29, 0.717) is 34.2 Å². The van der Waals surface area contributed by atoms with Gasteiger partial charge >= 0.3 is 0 Å². The third-order valence-electron chi connectivity index (χ3n) is 4.64. The molecule has 2 aromatic carbocycles. The van der Waals surface area contributed by atoms with Crippen molar-refractivity contribution in [2.45, 2.75) is 12.8 Å². The minimum atomic E-state index is -0.240. The third kappa shape index (κ3) is 3.01. The van der Waals surface area contributed by atoms with Crippen LogP contribution in [-0.2, 0) is 4.79 Å². The lowest BCUT2D eigenvalue weighted by Crippen LogP contribution is -2.37. The SMILES string of the molecule is O=C1Nc2cc(Cl)ccc2N(C(=O)CN2CCCC2)c2ccccc21. The van der Waals surface area contributed by atoms with Gasteiger partial charge in [0.2, 0.25) is 5.91 Å². The van der Waals surface area contributed by atoms with Crippen molar-refractivity contribution in [2.24, 2.45) is 0 Å². The Bertz CT molecular complexity index is 846. The molecular weight excluding hydrogens is 338 g/mol. The fraction of sp³-hybridized carbons (Fsp3) is 0.263. The summed E-state index contributed by atoms with van der Waals surface area (Å²) in [4.78, 5) is 29.5. The summed E-state index contributed by atoms with van der Waals surface area (Å²) in [6.07, 6.45) is 2.24. The second-order valence-corrected chi connectivity index (χ2v) is 6.78. The monoisotopic (exact) mass is 355 g/mol. The number of hydrogen-bond acceptors (Lipinski definition) is 3. The molecule has 1 fully saturated rings. The van der Waals surface area contributed by atoms with Gasteiger partial charge in [-0.1, -0.05) is 23.7 Å². The molecule has 2 aromatic rings. The van der Waals surface area contributed by atoms with Crippen LogP contribution in [0.1, 0.15) is 23.2 Å². The van der Waals surface area contributed by atoms with Crippen molar-refractivity contribution in [1.29, 1.82) is 0 Å². The molecule has 1 saturated heterocycles. The molecular formula is C19H18ClN3O2. The van der Waals surface area contributed by atoms with E-state index in [0.717, 1.165) is 25.9 Å². The van der Waals surface area contributed by atoms with Gasteiger partial charge < -0.3 is 5.32 Å². The number of carbonyl (C=O) groups is 2. The molecule has 128 valence electrons. The Kier molecular flexibility index (Phi) is 4.19. The number of likely N-dealkylation sites (tertiary alicyclic amines) is 1. The van der Waals surface area contributed by atoms with Crippen LogP contribution >= 0.6 is 11.6 Å². The molecule has 0 bridgehead atoms. The molecule has 0 aromatic heterocycles. The number of anilines is 3. The van der Waals surface area contributed by atoms with Crippen LogP contribution < -0.4 is 10.2 Å². The third-order valence-corrected chi connectivity index (χ3v) is 4.88. The molecule has 2 aliphatic rings. The highest BCUT2D eigenvalue weighted by atomic mass is 35.5. The number of amides is 2. The average molecular weight is 356 g/mol. The first-order chi connectivity index (χ1) is 12.1. The van der Waals surface area contributed by atoms with Crippen molar-refractivity contribution in [2.75, 3.05) is 29.9 Å². The lowest BCUT2D eigenvalue weighted by Gasteiger charge is -2.26. The number of hydrogen-bond donors (Lipinski definition) is 1. The minimum Gasteiger partial charge on any atom is -0.320 e. The summed E-state index contributed by atoms with van der Waals surface area (Å²) in [7, 11) is 0. The van der Waals surface area contributed by atoms with Crippen LogP contribution in [0.4, 0.5) is 17.1 Å². The van der Waals surface area contributed by atoms with E-state index in [2.05, 4.69) is 10.2 Å². The van der Waals surface area contributed by atoms with Gasteiger partial charge in [0.1, 0.15) is 0 Å². The van der Waals surface area contributed by atoms with Gasteiger partial charge in [-0.2, -0.15) is 0 Å². The van der Waals surface area contributed by atoms with Gasteiger partial charge in [0.25, 0.3) is 5.91 Å². The topological polar surface area (TPSA) is 52.7 Å². The Morgan fingerprint density at radius 1 is 1.08 bits per heavy atom. The minimum absolute atomic E-state index is 0.0468. The van der Waals surface area contributed by atoms with Crippen LogP contribution in [0.25, 0.3) is 0 Å². The van der Waals surface area contributed by atoms with Gasteiger partial charge in [-0.25, -0.2) is 0 Å². The van der Waals surface area contributed by atoms with Crippen LogP contribution in [0.2, 0.25) is 5.02 Å². The molecule has 0 atom stereocenters. The second-order valence-electron chi connectivity index (χ2n) is 6.35. The first kappa shape index (κ1) is 16.1. The molecule has 0 saturated carbocycles. The summed E-state index contributed by atoms with van der Waals surface area (Å²) in [5, 5.41) is 3.38. The summed E-state index contributed by atoms with van der Waals surface area (Å²) in [5.74, 6) is -0.287. The van der Waals surface area contributed by atoms with Crippen LogP contribution in [0.15, 0.2) is 42.5 Å². The Labute approximate surface area is 151 Å². The van der Waals surface area contributed by atoms with Gasteiger partial charge in [0.15, 0.2) is 0 Å². The van der Waals surface area contributed by atoms with Crippen LogP contribution in [-0.4, -0.2) is 36.3 Å². The number of rotatable bonds is 2. The second kappa shape index (κ2) is 6.50. The maximum absolute atomic E-state index is 13.1. The number of halogens is 1. The van der Waals surface area contributed by atoms with Crippen molar-refractivity contribution >= 4 is 40.5 Å². The first-order valence-electron chi connectivity index (χ1n) is 8.39. The van der Waals surface area contributed by atoms with Crippen LogP contribution in [0.3, 0.4) is 0 Å². The smallest absolute Gasteiger partial charge is 0.257 e. The average Bonchev–Trinajstić information content (AvgIpc) is 3.06. The van der Waals surface area contributed by atoms with E-state index in [1.54, 1.807) is 41.3 Å². The highest BCUT2D eigenvalue weighted by Crippen LogP contribution is 2.39. The van der Waals surface area contributed by atoms with Gasteiger partial charge in [0.05, 0.1) is 29.2 Å². The Morgan fingerprint density at radius 3 is 2.64 bits per heavy atom. The Morgan fingerprint density at radius 2 is 1.84 bits per heavy atom. The van der Waals surface area contributed by atoms with E-state index in [1.165, 1.54) is 0 Å². The Balaban J connectivity index is 1.81. The quantitative estimate of drug-likeness (QED) is 0.894. The van der Waals surface area contributed by atoms with E-state index in [-0.39, 0.29) is 11.8 Å². The van der Waals surface area contributed by atoms with Crippen molar-refractivity contribution in [1.82, 2.24) is 4.90 Å². The lowest BCUT2D eigenvalue weighted by molar-refractivity contribution is -0.118. The highest BCUT2D eigenvalue weighted by Gasteiger charge is 2.30. The fourth-order valence-corrected chi connectivity index (χ4v) is 3.63. The Hall–Kier alpha value is -2.37. The summed E-state index contributed by atoms with van der Waals surface area (Å²) in [6, 6.07) is 12.4. The number of para-hydroxylation sites is 1. The first-order valence-corrected chi connectivity index (χ1v) is 8.76. The molecule has 1 N–H and O–H groups in total. The van der Waals surface area contributed by atoms with Crippen LogP contribution in [0.5, 0.6) is 0 Å². The molecule has 0 aliphatic carbocycles. The summed E-state index contributed by atoms with van der Waals surface area (Å²) < 4.78 is 0.